The van der Waals surface area contributed by atoms with Crippen molar-refractivity contribution in [1.29, 1.82) is 5.41 Å². The van der Waals surface area contributed by atoms with Crippen LogP contribution in [-0.2, 0) is 0 Å². The van der Waals surface area contributed by atoms with Crippen molar-refractivity contribution in [3.05, 3.63) is 0 Å². The summed E-state index contributed by atoms with van der Waals surface area (Å²) in [6.45, 7) is 4.41. The SMILES string of the molecule is CCCC1NC(=N)CC1C.Cl. The van der Waals surface area contributed by atoms with Crippen LogP contribution in [0.5, 0.6) is 0 Å². The first-order chi connectivity index (χ1) is 4.74. The lowest BCUT2D eigenvalue weighted by Crippen LogP contribution is -2.27. The number of nitrogens with one attached hydrogen (secondary N) is 2. The molecule has 1 fully saturated rings. The highest BCUT2D eigenvalue weighted by Crippen LogP contribution is 2.19. The molecular weight excluding hydrogens is 160 g/mol. The molecule has 2 nitrogen and oxygen atoms in total. The molecule has 0 aliphatic carbocycles. The summed E-state index contributed by atoms with van der Waals surface area (Å²) in [4.78, 5) is 0. The molecule has 1 saturated heterocycles. The Balaban J connectivity index is 0.000001000. The maximum Gasteiger partial charge on any atom is 0.0937 e. The van der Waals surface area contributed by atoms with Gasteiger partial charge in [0.1, 0.15) is 0 Å². The van der Waals surface area contributed by atoms with E-state index in [2.05, 4.69) is 19.2 Å². The quantitative estimate of drug-likeness (QED) is 0.665. The summed E-state index contributed by atoms with van der Waals surface area (Å²) in [6, 6.07) is 0.581. The van der Waals surface area contributed by atoms with Crippen LogP contribution in [-0.4, -0.2) is 11.9 Å². The molecule has 0 radical (unpaired) electrons. The fourth-order valence-corrected chi connectivity index (χ4v) is 1.56. The predicted molar refractivity (Wildman–Crippen MR) is 50.6 cm³/mol. The molecular formula is C8H17ClN2. The molecule has 1 heterocycles. The van der Waals surface area contributed by atoms with Gasteiger partial charge in [0.25, 0.3) is 0 Å². The van der Waals surface area contributed by atoms with Crippen molar-refractivity contribution in [2.45, 2.75) is 39.2 Å². The van der Waals surface area contributed by atoms with Gasteiger partial charge in [0.05, 0.1) is 5.84 Å². The molecule has 2 atom stereocenters. The molecule has 0 aromatic rings. The second kappa shape index (κ2) is 4.60. The Morgan fingerprint density at radius 2 is 2.27 bits per heavy atom. The van der Waals surface area contributed by atoms with E-state index in [1.54, 1.807) is 0 Å². The van der Waals surface area contributed by atoms with Gasteiger partial charge in [-0.15, -0.1) is 12.4 Å². The van der Waals surface area contributed by atoms with Crippen LogP contribution in [0.1, 0.15) is 33.1 Å². The van der Waals surface area contributed by atoms with Gasteiger partial charge in [-0.3, -0.25) is 5.41 Å². The van der Waals surface area contributed by atoms with Crippen LogP contribution in [0, 0.1) is 11.3 Å². The number of halogens is 1. The van der Waals surface area contributed by atoms with Gasteiger partial charge in [-0.1, -0.05) is 20.3 Å². The van der Waals surface area contributed by atoms with Crippen molar-refractivity contribution < 1.29 is 0 Å². The maximum absolute atomic E-state index is 7.38. The molecule has 0 spiro atoms. The van der Waals surface area contributed by atoms with E-state index >= 15 is 0 Å². The average molecular weight is 177 g/mol. The van der Waals surface area contributed by atoms with E-state index in [0.29, 0.717) is 12.0 Å². The van der Waals surface area contributed by atoms with E-state index < -0.39 is 0 Å². The van der Waals surface area contributed by atoms with Crippen molar-refractivity contribution in [1.82, 2.24) is 5.32 Å². The van der Waals surface area contributed by atoms with Crippen LogP contribution in [0.2, 0.25) is 0 Å². The van der Waals surface area contributed by atoms with Gasteiger partial charge in [-0.25, -0.2) is 0 Å². The van der Waals surface area contributed by atoms with E-state index in [1.165, 1.54) is 12.8 Å². The normalized spacial score (nSPS) is 29.5. The highest BCUT2D eigenvalue weighted by atomic mass is 35.5. The number of amidine groups is 1. The predicted octanol–water partition coefficient (Wildman–Crippen LogP) is 2.18. The zero-order valence-corrected chi connectivity index (χ0v) is 8.00. The third-order valence-electron chi connectivity index (χ3n) is 2.17. The number of hydrogen-bond acceptors (Lipinski definition) is 1. The Bertz CT molecular complexity index is 136. The minimum Gasteiger partial charge on any atom is -0.371 e. The molecule has 11 heavy (non-hydrogen) atoms. The van der Waals surface area contributed by atoms with Gasteiger partial charge >= 0.3 is 0 Å². The monoisotopic (exact) mass is 176 g/mol. The second-order valence-corrected chi connectivity index (χ2v) is 3.20. The molecule has 2 unspecified atom stereocenters. The van der Waals surface area contributed by atoms with E-state index in [0.717, 1.165) is 12.3 Å². The van der Waals surface area contributed by atoms with E-state index in [4.69, 9.17) is 5.41 Å². The van der Waals surface area contributed by atoms with Gasteiger partial charge in [-0.2, -0.15) is 0 Å². The van der Waals surface area contributed by atoms with Crippen LogP contribution in [0.25, 0.3) is 0 Å². The molecule has 0 amide bonds. The highest BCUT2D eigenvalue weighted by molar-refractivity contribution is 5.85. The zero-order chi connectivity index (χ0) is 7.56. The zero-order valence-electron chi connectivity index (χ0n) is 7.18. The lowest BCUT2D eigenvalue weighted by Gasteiger charge is -2.12. The second-order valence-electron chi connectivity index (χ2n) is 3.20. The first-order valence-electron chi connectivity index (χ1n) is 4.08. The number of hydrogen-bond donors (Lipinski definition) is 2. The summed E-state index contributed by atoms with van der Waals surface area (Å²) in [6.07, 6.45) is 3.38. The minimum atomic E-state index is 0. The molecule has 1 aliphatic rings. The van der Waals surface area contributed by atoms with Gasteiger partial charge in [0.2, 0.25) is 0 Å². The van der Waals surface area contributed by atoms with E-state index in [1.807, 2.05) is 0 Å². The summed E-state index contributed by atoms with van der Waals surface area (Å²) in [5.74, 6) is 1.40. The molecule has 0 aromatic heterocycles. The Hall–Kier alpha value is -0.240. The molecule has 66 valence electrons. The fourth-order valence-electron chi connectivity index (χ4n) is 1.56. The molecule has 1 aliphatic heterocycles. The van der Waals surface area contributed by atoms with E-state index in [-0.39, 0.29) is 12.4 Å². The van der Waals surface area contributed by atoms with Crippen LogP contribution in [0.4, 0.5) is 0 Å². The van der Waals surface area contributed by atoms with Crippen molar-refractivity contribution in [2.75, 3.05) is 0 Å². The minimum absolute atomic E-state index is 0. The Morgan fingerprint density at radius 3 is 2.64 bits per heavy atom. The smallest absolute Gasteiger partial charge is 0.0937 e. The van der Waals surface area contributed by atoms with Crippen molar-refractivity contribution in [2.24, 2.45) is 5.92 Å². The lowest BCUT2D eigenvalue weighted by molar-refractivity contribution is 0.451. The number of rotatable bonds is 2. The molecule has 2 N–H and O–H groups in total. The van der Waals surface area contributed by atoms with E-state index in [9.17, 15) is 0 Å². The van der Waals surface area contributed by atoms with Crippen molar-refractivity contribution in [3.63, 3.8) is 0 Å². The molecule has 0 aromatic carbocycles. The fraction of sp³-hybridized carbons (Fsp3) is 0.875. The molecule has 0 bridgehead atoms. The Morgan fingerprint density at radius 1 is 1.64 bits per heavy atom. The molecule has 3 heteroatoms. The summed E-state index contributed by atoms with van der Waals surface area (Å²) < 4.78 is 0. The highest BCUT2D eigenvalue weighted by Gasteiger charge is 2.24. The van der Waals surface area contributed by atoms with Crippen molar-refractivity contribution >= 4 is 18.2 Å². The molecule has 0 saturated carbocycles. The summed E-state index contributed by atoms with van der Waals surface area (Å²) >= 11 is 0. The van der Waals surface area contributed by atoms with Crippen LogP contribution >= 0.6 is 12.4 Å². The molecule has 1 rings (SSSR count). The van der Waals surface area contributed by atoms with Crippen LogP contribution in [0.15, 0.2) is 0 Å². The largest absolute Gasteiger partial charge is 0.371 e. The van der Waals surface area contributed by atoms with Gasteiger partial charge in [0, 0.05) is 12.5 Å². The summed E-state index contributed by atoms with van der Waals surface area (Å²) in [5.41, 5.74) is 0. The lowest BCUT2D eigenvalue weighted by atomic mass is 9.99. The van der Waals surface area contributed by atoms with Crippen LogP contribution < -0.4 is 5.32 Å². The first kappa shape index (κ1) is 10.8. The van der Waals surface area contributed by atoms with Crippen LogP contribution in [0.3, 0.4) is 0 Å². The third kappa shape index (κ3) is 2.70. The third-order valence-corrected chi connectivity index (χ3v) is 2.17. The average Bonchev–Trinajstić information content (AvgIpc) is 2.13. The topological polar surface area (TPSA) is 35.9 Å². The summed E-state index contributed by atoms with van der Waals surface area (Å²) in [5, 5.41) is 10.6. The van der Waals surface area contributed by atoms with Crippen molar-refractivity contribution in [3.8, 4) is 0 Å². The Kier molecular flexibility index (Phi) is 4.50. The van der Waals surface area contributed by atoms with Gasteiger partial charge in [0.15, 0.2) is 0 Å². The first-order valence-corrected chi connectivity index (χ1v) is 4.08. The van der Waals surface area contributed by atoms with Gasteiger partial charge in [-0.05, 0) is 12.3 Å². The summed E-state index contributed by atoms with van der Waals surface area (Å²) in [7, 11) is 0. The maximum atomic E-state index is 7.38. The standard InChI is InChI=1S/C8H16N2.ClH/c1-3-4-7-6(2)5-8(9)10-7;/h6-7H,3-5H2,1-2H3,(H2,9,10);1H. The Labute approximate surface area is 74.7 Å². The van der Waals surface area contributed by atoms with Gasteiger partial charge < -0.3 is 5.32 Å².